The van der Waals surface area contributed by atoms with Crippen molar-refractivity contribution >= 4 is 5.97 Å². The summed E-state index contributed by atoms with van der Waals surface area (Å²) in [7, 11) is 0. The van der Waals surface area contributed by atoms with Crippen LogP contribution in [0.2, 0.25) is 0 Å². The predicted octanol–water partition coefficient (Wildman–Crippen LogP) is 10.4. The van der Waals surface area contributed by atoms with Crippen molar-refractivity contribution in [2.75, 3.05) is 13.2 Å². The third kappa shape index (κ3) is 12.4. The third-order valence-electron chi connectivity index (χ3n) is 8.60. The summed E-state index contributed by atoms with van der Waals surface area (Å²) in [6.07, 6.45) is 19.6. The van der Waals surface area contributed by atoms with Crippen LogP contribution in [0.3, 0.4) is 0 Å². The van der Waals surface area contributed by atoms with Crippen molar-refractivity contribution in [3.8, 4) is 17.2 Å². The van der Waals surface area contributed by atoms with Crippen LogP contribution in [-0.2, 0) is 0 Å². The molecule has 1 aliphatic carbocycles. The summed E-state index contributed by atoms with van der Waals surface area (Å²) in [5.74, 6) is 4.16. The maximum atomic E-state index is 12.6. The van der Waals surface area contributed by atoms with Gasteiger partial charge in [0.25, 0.3) is 0 Å². The second kappa shape index (κ2) is 18.8. The Kier molecular flexibility index (Phi) is 15.0. The molecule has 0 aromatic heterocycles. The Morgan fingerprint density at radius 1 is 0.725 bits per heavy atom. The Balaban J connectivity index is 1.30. The van der Waals surface area contributed by atoms with Crippen molar-refractivity contribution in [3.05, 3.63) is 54.1 Å². The van der Waals surface area contributed by atoms with E-state index in [4.69, 9.17) is 14.2 Å². The molecule has 4 nitrogen and oxygen atoms in total. The second-order valence-electron chi connectivity index (χ2n) is 12.0. The van der Waals surface area contributed by atoms with Gasteiger partial charge in [0.2, 0.25) is 0 Å². The minimum absolute atomic E-state index is 0.368. The smallest absolute Gasteiger partial charge is 0.343 e. The molecule has 1 fully saturated rings. The SMILES string of the molecule is CCCCCCCC1CCC(COc2ccc(OC(=O)c3ccc(OCCCCCC(C)CC)cc3)cc2)CC1. The van der Waals surface area contributed by atoms with E-state index in [1.165, 1.54) is 89.9 Å². The summed E-state index contributed by atoms with van der Waals surface area (Å²) in [5.41, 5.74) is 0.512. The number of benzene rings is 2. The Hall–Kier alpha value is -2.49. The van der Waals surface area contributed by atoms with Gasteiger partial charge in [0.15, 0.2) is 0 Å². The van der Waals surface area contributed by atoms with E-state index < -0.39 is 0 Å². The minimum Gasteiger partial charge on any atom is -0.494 e. The van der Waals surface area contributed by atoms with Gasteiger partial charge < -0.3 is 14.2 Å². The summed E-state index contributed by atoms with van der Waals surface area (Å²) < 4.78 is 17.5. The van der Waals surface area contributed by atoms with Crippen LogP contribution in [0.1, 0.15) is 127 Å². The maximum absolute atomic E-state index is 12.6. The van der Waals surface area contributed by atoms with E-state index in [0.29, 0.717) is 23.8 Å². The molecule has 0 N–H and O–H groups in total. The van der Waals surface area contributed by atoms with Crippen LogP contribution in [0.25, 0.3) is 0 Å². The predicted molar refractivity (Wildman–Crippen MR) is 166 cm³/mol. The van der Waals surface area contributed by atoms with Gasteiger partial charge in [0.05, 0.1) is 18.8 Å². The number of rotatable bonds is 19. The fraction of sp³-hybridized carbons (Fsp3) is 0.639. The molecule has 0 aliphatic heterocycles. The zero-order valence-electron chi connectivity index (χ0n) is 25.5. The summed E-state index contributed by atoms with van der Waals surface area (Å²) in [5, 5.41) is 0. The molecular weight excluding hydrogens is 496 g/mol. The zero-order valence-corrected chi connectivity index (χ0v) is 25.5. The molecular formula is C36H54O4. The highest BCUT2D eigenvalue weighted by atomic mass is 16.5. The van der Waals surface area contributed by atoms with Crippen LogP contribution in [0, 0.1) is 17.8 Å². The van der Waals surface area contributed by atoms with Crippen molar-refractivity contribution in [2.24, 2.45) is 17.8 Å². The zero-order chi connectivity index (χ0) is 28.4. The van der Waals surface area contributed by atoms with Gasteiger partial charge in [-0.3, -0.25) is 0 Å². The molecule has 0 saturated heterocycles. The minimum atomic E-state index is -0.368. The van der Waals surface area contributed by atoms with Gasteiger partial charge in [0, 0.05) is 0 Å². The Morgan fingerprint density at radius 3 is 2.02 bits per heavy atom. The lowest BCUT2D eigenvalue weighted by atomic mass is 9.80. The van der Waals surface area contributed by atoms with E-state index in [1.54, 1.807) is 24.3 Å². The van der Waals surface area contributed by atoms with Crippen molar-refractivity contribution < 1.29 is 19.0 Å². The van der Waals surface area contributed by atoms with E-state index >= 15 is 0 Å². The number of carbonyl (C=O) groups excluding carboxylic acids is 1. The fourth-order valence-electron chi connectivity index (χ4n) is 5.56. The van der Waals surface area contributed by atoms with Crippen LogP contribution >= 0.6 is 0 Å². The van der Waals surface area contributed by atoms with Crippen LogP contribution in [0.15, 0.2) is 48.5 Å². The number of hydrogen-bond donors (Lipinski definition) is 0. The van der Waals surface area contributed by atoms with Crippen molar-refractivity contribution in [2.45, 2.75) is 117 Å². The second-order valence-corrected chi connectivity index (χ2v) is 12.0. The van der Waals surface area contributed by atoms with E-state index in [9.17, 15) is 4.79 Å². The molecule has 222 valence electrons. The van der Waals surface area contributed by atoms with Gasteiger partial charge in [-0.25, -0.2) is 4.79 Å². The highest BCUT2D eigenvalue weighted by molar-refractivity contribution is 5.91. The summed E-state index contributed by atoms with van der Waals surface area (Å²) in [6.45, 7) is 8.33. The van der Waals surface area contributed by atoms with Gasteiger partial charge in [0.1, 0.15) is 17.2 Å². The van der Waals surface area contributed by atoms with Crippen molar-refractivity contribution in [3.63, 3.8) is 0 Å². The van der Waals surface area contributed by atoms with Crippen LogP contribution in [-0.4, -0.2) is 19.2 Å². The number of hydrogen-bond acceptors (Lipinski definition) is 4. The number of ether oxygens (including phenoxy) is 3. The molecule has 1 saturated carbocycles. The molecule has 3 rings (SSSR count). The monoisotopic (exact) mass is 550 g/mol. The molecule has 2 aromatic carbocycles. The molecule has 1 unspecified atom stereocenters. The van der Waals surface area contributed by atoms with Gasteiger partial charge >= 0.3 is 5.97 Å². The first-order valence-corrected chi connectivity index (χ1v) is 16.2. The van der Waals surface area contributed by atoms with Gasteiger partial charge in [-0.05, 0) is 85.5 Å². The normalized spacial score (nSPS) is 17.8. The Morgan fingerprint density at radius 2 is 1.32 bits per heavy atom. The van der Waals surface area contributed by atoms with Crippen LogP contribution < -0.4 is 14.2 Å². The van der Waals surface area contributed by atoms with Gasteiger partial charge in [-0.15, -0.1) is 0 Å². The summed E-state index contributed by atoms with van der Waals surface area (Å²) in [4.78, 5) is 12.6. The average molecular weight is 551 g/mol. The number of carbonyl (C=O) groups is 1. The van der Waals surface area contributed by atoms with Gasteiger partial charge in [-0.1, -0.05) is 97.8 Å². The molecule has 1 atom stereocenters. The molecule has 0 bridgehead atoms. The molecule has 4 heteroatoms. The fourth-order valence-corrected chi connectivity index (χ4v) is 5.56. The van der Waals surface area contributed by atoms with Gasteiger partial charge in [-0.2, -0.15) is 0 Å². The molecule has 0 spiro atoms. The van der Waals surface area contributed by atoms with Crippen molar-refractivity contribution in [1.29, 1.82) is 0 Å². The first-order chi connectivity index (χ1) is 19.6. The lowest BCUT2D eigenvalue weighted by Gasteiger charge is -2.28. The average Bonchev–Trinajstić information content (AvgIpc) is 2.99. The number of unbranched alkanes of at least 4 members (excludes halogenated alkanes) is 6. The highest BCUT2D eigenvalue weighted by Gasteiger charge is 2.21. The first-order valence-electron chi connectivity index (χ1n) is 16.2. The lowest BCUT2D eigenvalue weighted by Crippen LogP contribution is -2.20. The topological polar surface area (TPSA) is 44.8 Å². The summed E-state index contributed by atoms with van der Waals surface area (Å²) in [6, 6.07) is 14.6. The quantitative estimate of drug-likeness (QED) is 0.0991. The van der Waals surface area contributed by atoms with E-state index in [2.05, 4.69) is 20.8 Å². The molecule has 0 radical (unpaired) electrons. The Labute approximate surface area is 244 Å². The van der Waals surface area contributed by atoms with Crippen LogP contribution in [0.5, 0.6) is 17.2 Å². The van der Waals surface area contributed by atoms with Crippen molar-refractivity contribution in [1.82, 2.24) is 0 Å². The third-order valence-corrected chi connectivity index (χ3v) is 8.60. The lowest BCUT2D eigenvalue weighted by molar-refractivity contribution is 0.0734. The molecule has 40 heavy (non-hydrogen) atoms. The van der Waals surface area contributed by atoms with E-state index in [0.717, 1.165) is 36.4 Å². The van der Waals surface area contributed by atoms with E-state index in [1.807, 2.05) is 24.3 Å². The van der Waals surface area contributed by atoms with E-state index in [-0.39, 0.29) is 5.97 Å². The number of esters is 1. The highest BCUT2D eigenvalue weighted by Crippen LogP contribution is 2.32. The Bertz CT molecular complexity index is 928. The summed E-state index contributed by atoms with van der Waals surface area (Å²) >= 11 is 0. The first kappa shape index (κ1) is 32.0. The molecule has 0 heterocycles. The largest absolute Gasteiger partial charge is 0.494 e. The maximum Gasteiger partial charge on any atom is 0.343 e. The molecule has 1 aliphatic rings. The molecule has 2 aromatic rings. The molecule has 0 amide bonds. The standard InChI is InChI=1S/C36H54O4/c1-4-6-7-8-11-14-30-15-17-31(18-16-30)28-39-34-23-25-35(26-24-34)40-36(37)32-19-21-33(22-20-32)38-27-12-9-10-13-29(3)5-2/h19-26,29-31H,4-18,27-28H2,1-3H3. The van der Waals surface area contributed by atoms with Crippen LogP contribution in [0.4, 0.5) is 0 Å².